The zero-order valence-corrected chi connectivity index (χ0v) is 12.2. The van der Waals surface area contributed by atoms with Crippen molar-refractivity contribution in [2.24, 2.45) is 0 Å². The van der Waals surface area contributed by atoms with Gasteiger partial charge < -0.3 is 14.2 Å². The van der Waals surface area contributed by atoms with Crippen LogP contribution in [0.5, 0.6) is 0 Å². The number of carbonyl (C=O) groups is 3. The second-order valence-corrected chi connectivity index (χ2v) is 3.48. The molecule has 0 aliphatic heterocycles. The van der Waals surface area contributed by atoms with Crippen LogP contribution in [-0.2, 0) is 28.6 Å². The van der Waals surface area contributed by atoms with Gasteiger partial charge in [-0.05, 0) is 20.3 Å². The average Bonchev–Trinajstić information content (AvgIpc) is 2.30. The van der Waals surface area contributed by atoms with E-state index in [2.05, 4.69) is 21.1 Å². The third-order valence-corrected chi connectivity index (χ3v) is 1.70. The Bertz CT molecular complexity index is 246. The van der Waals surface area contributed by atoms with Gasteiger partial charge in [0.25, 0.3) is 0 Å². The molecule has 0 atom stereocenters. The van der Waals surface area contributed by atoms with Crippen LogP contribution in [0.2, 0.25) is 0 Å². The Hall–Kier alpha value is -1.59. The van der Waals surface area contributed by atoms with Crippen LogP contribution in [0.4, 0.5) is 0 Å². The Morgan fingerprint density at radius 2 is 1.32 bits per heavy atom. The van der Waals surface area contributed by atoms with Gasteiger partial charge in [0.05, 0.1) is 19.8 Å². The van der Waals surface area contributed by atoms with Crippen molar-refractivity contribution >= 4 is 17.9 Å². The molecule has 0 aliphatic carbocycles. The van der Waals surface area contributed by atoms with E-state index in [1.807, 2.05) is 0 Å². The first-order valence-corrected chi connectivity index (χ1v) is 6.42. The summed E-state index contributed by atoms with van der Waals surface area (Å²) in [5.41, 5.74) is 0. The molecule has 0 aromatic heterocycles. The van der Waals surface area contributed by atoms with E-state index in [9.17, 15) is 14.4 Å². The highest BCUT2D eigenvalue weighted by Crippen LogP contribution is 1.89. The summed E-state index contributed by atoms with van der Waals surface area (Å²) in [5.74, 6) is -1.25. The summed E-state index contributed by atoms with van der Waals surface area (Å²) in [5, 5.41) is 0. The lowest BCUT2D eigenvalue weighted by atomic mass is 10.4. The minimum Gasteiger partial charge on any atom is -0.466 e. The lowest BCUT2D eigenvalue weighted by molar-refractivity contribution is -0.154. The maximum Gasteiger partial charge on any atom is 0.317 e. The minimum absolute atomic E-state index is 0.182. The number of esters is 3. The fourth-order valence-corrected chi connectivity index (χ4v) is 0.902. The van der Waals surface area contributed by atoms with Crippen LogP contribution >= 0.6 is 0 Å². The molecule has 0 N–H and O–H groups in total. The zero-order valence-electron chi connectivity index (χ0n) is 12.2. The van der Waals surface area contributed by atoms with Crippen LogP contribution in [0.3, 0.4) is 0 Å². The van der Waals surface area contributed by atoms with Gasteiger partial charge in [-0.2, -0.15) is 0 Å². The van der Waals surface area contributed by atoms with E-state index in [0.717, 1.165) is 12.8 Å². The minimum atomic E-state index is -0.536. The van der Waals surface area contributed by atoms with Gasteiger partial charge in [0.2, 0.25) is 0 Å². The van der Waals surface area contributed by atoms with Crippen molar-refractivity contribution in [2.45, 2.75) is 47.0 Å². The molecule has 0 heterocycles. The van der Waals surface area contributed by atoms with Gasteiger partial charge >= 0.3 is 17.9 Å². The van der Waals surface area contributed by atoms with Crippen molar-refractivity contribution in [2.75, 3.05) is 19.8 Å². The summed E-state index contributed by atoms with van der Waals surface area (Å²) < 4.78 is 13.7. The van der Waals surface area contributed by atoms with E-state index in [1.54, 1.807) is 13.8 Å². The quantitative estimate of drug-likeness (QED) is 0.305. The van der Waals surface area contributed by atoms with E-state index < -0.39 is 11.9 Å². The van der Waals surface area contributed by atoms with Crippen LogP contribution in [0.25, 0.3) is 0 Å². The van der Waals surface area contributed by atoms with Gasteiger partial charge in [0.1, 0.15) is 6.42 Å². The Kier molecular flexibility index (Phi) is 15.0. The van der Waals surface area contributed by atoms with Crippen molar-refractivity contribution in [1.29, 1.82) is 0 Å². The van der Waals surface area contributed by atoms with Gasteiger partial charge in [-0.25, -0.2) is 0 Å². The lowest BCUT2D eigenvalue weighted by Gasteiger charge is -2.00. The molecule has 0 saturated carbocycles. The smallest absolute Gasteiger partial charge is 0.317 e. The van der Waals surface area contributed by atoms with E-state index in [-0.39, 0.29) is 25.6 Å². The summed E-state index contributed by atoms with van der Waals surface area (Å²) >= 11 is 0. The van der Waals surface area contributed by atoms with Gasteiger partial charge in [0, 0.05) is 6.92 Å². The van der Waals surface area contributed by atoms with Crippen LogP contribution in [0.1, 0.15) is 47.0 Å². The highest BCUT2D eigenvalue weighted by Gasteiger charge is 2.09. The van der Waals surface area contributed by atoms with Crippen LogP contribution < -0.4 is 0 Å². The second-order valence-electron chi connectivity index (χ2n) is 3.48. The Morgan fingerprint density at radius 1 is 0.842 bits per heavy atom. The monoisotopic (exact) mass is 276 g/mol. The molecule has 0 radical (unpaired) electrons. The van der Waals surface area contributed by atoms with Crippen LogP contribution in [0, 0.1) is 0 Å². The number of carbonyl (C=O) groups excluding carboxylic acids is 3. The summed E-state index contributed by atoms with van der Waals surface area (Å²) in [6.07, 6.45) is 1.76. The molecule has 112 valence electrons. The Morgan fingerprint density at radius 3 is 1.63 bits per heavy atom. The number of ether oxygens (including phenoxy) is 3. The summed E-state index contributed by atoms with van der Waals surface area (Å²) in [6.45, 7) is 8.01. The Labute approximate surface area is 114 Å². The normalized spacial score (nSPS) is 8.84. The maximum absolute atomic E-state index is 10.6. The van der Waals surface area contributed by atoms with Gasteiger partial charge in [0.15, 0.2) is 0 Å². The number of hydrogen-bond donors (Lipinski definition) is 0. The van der Waals surface area contributed by atoms with Gasteiger partial charge in [-0.15, -0.1) is 0 Å². The average molecular weight is 276 g/mol. The molecular formula is C13H24O6. The molecule has 0 fully saturated rings. The number of unbranched alkanes of at least 4 members (excludes halogenated alkanes) is 1. The van der Waals surface area contributed by atoms with E-state index in [4.69, 9.17) is 0 Å². The van der Waals surface area contributed by atoms with Crippen molar-refractivity contribution in [3.8, 4) is 0 Å². The molecule has 0 bridgehead atoms. The molecular weight excluding hydrogens is 252 g/mol. The fraction of sp³-hybridized carbons (Fsp3) is 0.769. The number of hydrogen-bond acceptors (Lipinski definition) is 6. The SMILES string of the molecule is CCCCOC(C)=O.CCOC(=O)CC(=O)OCC. The third-order valence-electron chi connectivity index (χ3n) is 1.70. The standard InChI is InChI=1S/C7H12O4.C6H12O2/c1-3-10-6(8)5-7(9)11-4-2;1-3-4-5-8-6(2)7/h3-5H2,1-2H3;3-5H2,1-2H3. The summed E-state index contributed by atoms with van der Waals surface area (Å²) in [7, 11) is 0. The van der Waals surface area contributed by atoms with Gasteiger partial charge in [-0.1, -0.05) is 13.3 Å². The second kappa shape index (κ2) is 14.5. The molecule has 0 saturated heterocycles. The first-order valence-electron chi connectivity index (χ1n) is 6.42. The molecule has 0 aromatic rings. The van der Waals surface area contributed by atoms with E-state index in [1.165, 1.54) is 6.92 Å². The number of rotatable bonds is 7. The van der Waals surface area contributed by atoms with Crippen molar-refractivity contribution in [3.05, 3.63) is 0 Å². The van der Waals surface area contributed by atoms with Gasteiger partial charge in [-0.3, -0.25) is 14.4 Å². The first-order chi connectivity index (χ1) is 8.97. The van der Waals surface area contributed by atoms with Crippen molar-refractivity contribution in [3.63, 3.8) is 0 Å². The van der Waals surface area contributed by atoms with E-state index >= 15 is 0 Å². The largest absolute Gasteiger partial charge is 0.466 e. The molecule has 0 rings (SSSR count). The summed E-state index contributed by atoms with van der Waals surface area (Å²) in [4.78, 5) is 31.3. The molecule has 0 aliphatic rings. The molecule has 0 unspecified atom stereocenters. The van der Waals surface area contributed by atoms with Crippen molar-refractivity contribution < 1.29 is 28.6 Å². The zero-order chi connectivity index (χ0) is 15.1. The lowest BCUT2D eigenvalue weighted by Crippen LogP contribution is -2.13. The molecule has 0 aromatic carbocycles. The molecule has 0 amide bonds. The van der Waals surface area contributed by atoms with Crippen LogP contribution in [-0.4, -0.2) is 37.7 Å². The highest BCUT2D eigenvalue weighted by atomic mass is 16.6. The summed E-state index contributed by atoms with van der Waals surface area (Å²) in [6, 6.07) is 0. The molecule has 19 heavy (non-hydrogen) atoms. The van der Waals surface area contributed by atoms with Crippen LogP contribution in [0.15, 0.2) is 0 Å². The van der Waals surface area contributed by atoms with E-state index in [0.29, 0.717) is 6.61 Å². The predicted octanol–water partition coefficient (Wildman–Crippen LogP) is 1.85. The van der Waals surface area contributed by atoms with Crippen molar-refractivity contribution in [1.82, 2.24) is 0 Å². The third kappa shape index (κ3) is 18.9. The topological polar surface area (TPSA) is 78.9 Å². The molecule has 0 spiro atoms. The maximum atomic E-state index is 10.6. The Balaban J connectivity index is 0. The molecule has 6 nitrogen and oxygen atoms in total. The molecule has 6 heteroatoms. The predicted molar refractivity (Wildman–Crippen MR) is 69.4 cm³/mol. The fourth-order valence-electron chi connectivity index (χ4n) is 0.902. The first kappa shape index (κ1) is 19.7. The highest BCUT2D eigenvalue weighted by molar-refractivity contribution is 5.91.